The summed E-state index contributed by atoms with van der Waals surface area (Å²) in [6.07, 6.45) is 4.02. The molecule has 0 aromatic heterocycles. The molecule has 112 valence electrons. The highest BCUT2D eigenvalue weighted by Crippen LogP contribution is 2.36. The summed E-state index contributed by atoms with van der Waals surface area (Å²) in [4.78, 5) is 0. The highest BCUT2D eigenvalue weighted by molar-refractivity contribution is 6.32. The third kappa shape index (κ3) is 5.41. The van der Waals surface area contributed by atoms with Gasteiger partial charge in [-0.2, -0.15) is 0 Å². The Hall–Kier alpha value is -1.23. The smallest absolute Gasteiger partial charge is 0.179 e. The first kappa shape index (κ1) is 16.8. The highest BCUT2D eigenvalue weighted by Gasteiger charge is 2.10. The first-order valence-corrected chi connectivity index (χ1v) is 6.97. The Balaban J connectivity index is 2.67. The molecule has 1 aromatic carbocycles. The molecule has 4 nitrogen and oxygen atoms in total. The number of rotatable bonds is 9. The molecule has 5 heteroatoms. The van der Waals surface area contributed by atoms with Crippen molar-refractivity contribution in [2.75, 3.05) is 40.5 Å². The molecular formula is C15H22ClNO3. The van der Waals surface area contributed by atoms with Crippen LogP contribution in [0.1, 0.15) is 12.5 Å². The van der Waals surface area contributed by atoms with E-state index in [4.69, 9.17) is 25.8 Å². The van der Waals surface area contributed by atoms with Gasteiger partial charge in [0.2, 0.25) is 0 Å². The maximum absolute atomic E-state index is 6.20. The van der Waals surface area contributed by atoms with E-state index < -0.39 is 0 Å². The normalized spacial score (nSPS) is 11.0. The van der Waals surface area contributed by atoms with Crippen LogP contribution in [0.5, 0.6) is 11.5 Å². The monoisotopic (exact) mass is 299 g/mol. The number of ether oxygens (including phenoxy) is 3. The second kappa shape index (κ2) is 9.64. The minimum atomic E-state index is 0.550. The fraction of sp³-hybridized carbons (Fsp3) is 0.467. The van der Waals surface area contributed by atoms with Crippen molar-refractivity contribution in [3.8, 4) is 11.5 Å². The van der Waals surface area contributed by atoms with Crippen LogP contribution in [0.25, 0.3) is 6.08 Å². The van der Waals surface area contributed by atoms with Gasteiger partial charge in [0, 0.05) is 20.2 Å². The molecule has 0 saturated heterocycles. The summed E-state index contributed by atoms with van der Waals surface area (Å²) in [5, 5.41) is 3.78. The number of benzene rings is 1. The van der Waals surface area contributed by atoms with E-state index >= 15 is 0 Å². The number of hydrogen-bond donors (Lipinski definition) is 1. The van der Waals surface area contributed by atoms with Crippen LogP contribution in [0.4, 0.5) is 0 Å². The van der Waals surface area contributed by atoms with E-state index in [0.29, 0.717) is 29.7 Å². The molecule has 0 aliphatic carbocycles. The van der Waals surface area contributed by atoms with Gasteiger partial charge in [0.15, 0.2) is 11.5 Å². The van der Waals surface area contributed by atoms with Gasteiger partial charge in [-0.05, 0) is 24.6 Å². The second-order valence-electron chi connectivity index (χ2n) is 4.07. The summed E-state index contributed by atoms with van der Waals surface area (Å²) >= 11 is 6.20. The maximum atomic E-state index is 6.20. The van der Waals surface area contributed by atoms with Gasteiger partial charge in [-0.1, -0.05) is 23.8 Å². The predicted octanol–water partition coefficient (Wildman–Crippen LogP) is 3.00. The molecule has 0 atom stereocenters. The van der Waals surface area contributed by atoms with Gasteiger partial charge >= 0.3 is 0 Å². The highest BCUT2D eigenvalue weighted by atomic mass is 35.5. The molecule has 0 aliphatic heterocycles. The largest absolute Gasteiger partial charge is 0.493 e. The van der Waals surface area contributed by atoms with E-state index in [2.05, 4.69) is 5.32 Å². The number of nitrogens with one attached hydrogen (secondary N) is 1. The minimum absolute atomic E-state index is 0.550. The fourth-order valence-corrected chi connectivity index (χ4v) is 1.95. The van der Waals surface area contributed by atoms with Gasteiger partial charge in [0.25, 0.3) is 0 Å². The molecular weight excluding hydrogens is 278 g/mol. The fourth-order valence-electron chi connectivity index (χ4n) is 1.68. The zero-order valence-electron chi connectivity index (χ0n) is 12.2. The maximum Gasteiger partial charge on any atom is 0.179 e. The van der Waals surface area contributed by atoms with Crippen LogP contribution in [0.15, 0.2) is 18.2 Å². The molecule has 0 saturated carbocycles. The third-order valence-corrected chi connectivity index (χ3v) is 2.88. The summed E-state index contributed by atoms with van der Waals surface area (Å²) < 4.78 is 15.7. The van der Waals surface area contributed by atoms with Crippen molar-refractivity contribution in [1.29, 1.82) is 0 Å². The van der Waals surface area contributed by atoms with Crippen LogP contribution in [0.2, 0.25) is 5.02 Å². The van der Waals surface area contributed by atoms with Crippen LogP contribution in [0.3, 0.4) is 0 Å². The number of halogens is 1. The zero-order chi connectivity index (χ0) is 14.8. The second-order valence-corrected chi connectivity index (χ2v) is 4.47. The van der Waals surface area contributed by atoms with Crippen molar-refractivity contribution in [2.45, 2.75) is 6.92 Å². The predicted molar refractivity (Wildman–Crippen MR) is 83.0 cm³/mol. The third-order valence-electron chi connectivity index (χ3n) is 2.60. The Morgan fingerprint density at radius 2 is 2.10 bits per heavy atom. The van der Waals surface area contributed by atoms with Crippen LogP contribution < -0.4 is 14.8 Å². The van der Waals surface area contributed by atoms with Crippen molar-refractivity contribution >= 4 is 17.7 Å². The summed E-state index contributed by atoms with van der Waals surface area (Å²) in [5.74, 6) is 1.23. The number of hydrogen-bond acceptors (Lipinski definition) is 4. The van der Waals surface area contributed by atoms with Crippen molar-refractivity contribution in [3.63, 3.8) is 0 Å². The van der Waals surface area contributed by atoms with Crippen molar-refractivity contribution < 1.29 is 14.2 Å². The Kier molecular flexibility index (Phi) is 8.11. The average molecular weight is 300 g/mol. The van der Waals surface area contributed by atoms with Crippen molar-refractivity contribution in [1.82, 2.24) is 5.32 Å². The van der Waals surface area contributed by atoms with Gasteiger partial charge in [0.1, 0.15) is 0 Å². The standard InChI is InChI=1S/C15H22ClNO3/c1-4-20-15-13(16)10-12(11-14(15)19-3)6-5-7-17-8-9-18-2/h5-6,10-11,17H,4,7-9H2,1-3H3. The van der Waals surface area contributed by atoms with Crippen LogP contribution in [-0.2, 0) is 4.74 Å². The van der Waals surface area contributed by atoms with E-state index in [9.17, 15) is 0 Å². The first-order valence-electron chi connectivity index (χ1n) is 6.59. The Morgan fingerprint density at radius 3 is 2.75 bits per heavy atom. The van der Waals surface area contributed by atoms with Crippen molar-refractivity contribution in [2.24, 2.45) is 0 Å². The Bertz CT molecular complexity index is 435. The summed E-state index contributed by atoms with van der Waals surface area (Å²) in [6.45, 7) is 4.77. The molecule has 1 aromatic rings. The molecule has 0 bridgehead atoms. The van der Waals surface area contributed by atoms with Crippen LogP contribution in [0, 0.1) is 0 Å². The zero-order valence-corrected chi connectivity index (χ0v) is 13.0. The van der Waals surface area contributed by atoms with Gasteiger partial charge in [0.05, 0.1) is 25.3 Å². The van der Waals surface area contributed by atoms with Gasteiger partial charge in [-0.15, -0.1) is 0 Å². The SMILES string of the molecule is CCOc1c(Cl)cc(C=CCNCCOC)cc1OC. The quantitative estimate of drug-likeness (QED) is 0.712. The van der Waals surface area contributed by atoms with E-state index in [0.717, 1.165) is 18.7 Å². The lowest BCUT2D eigenvalue weighted by Crippen LogP contribution is -2.18. The molecule has 0 aliphatic rings. The molecule has 0 heterocycles. The molecule has 0 unspecified atom stereocenters. The molecule has 0 radical (unpaired) electrons. The van der Waals surface area contributed by atoms with Crippen LogP contribution >= 0.6 is 11.6 Å². The molecule has 0 fully saturated rings. The summed E-state index contributed by atoms with van der Waals surface area (Å²) in [7, 11) is 3.29. The van der Waals surface area contributed by atoms with Gasteiger partial charge in [-0.3, -0.25) is 0 Å². The average Bonchev–Trinajstić information content (AvgIpc) is 2.45. The Labute approximate surface area is 125 Å². The molecule has 20 heavy (non-hydrogen) atoms. The van der Waals surface area contributed by atoms with Crippen LogP contribution in [-0.4, -0.2) is 40.5 Å². The molecule has 1 N–H and O–H groups in total. The summed E-state index contributed by atoms with van der Waals surface area (Å²) in [5.41, 5.74) is 0.976. The summed E-state index contributed by atoms with van der Waals surface area (Å²) in [6, 6.07) is 3.77. The molecule has 0 spiro atoms. The Morgan fingerprint density at radius 1 is 1.30 bits per heavy atom. The van der Waals surface area contributed by atoms with Gasteiger partial charge in [-0.25, -0.2) is 0 Å². The lowest BCUT2D eigenvalue weighted by Gasteiger charge is -2.11. The first-order chi connectivity index (χ1) is 9.72. The topological polar surface area (TPSA) is 39.7 Å². The minimum Gasteiger partial charge on any atom is -0.493 e. The van der Waals surface area contributed by atoms with E-state index in [1.165, 1.54) is 0 Å². The lowest BCUT2D eigenvalue weighted by molar-refractivity contribution is 0.200. The molecule has 0 amide bonds. The van der Waals surface area contributed by atoms with Gasteiger partial charge < -0.3 is 19.5 Å². The lowest BCUT2D eigenvalue weighted by atomic mass is 10.2. The number of methoxy groups -OCH3 is 2. The molecule has 1 rings (SSSR count). The van der Waals surface area contributed by atoms with E-state index in [1.807, 2.05) is 31.2 Å². The van der Waals surface area contributed by atoms with E-state index in [-0.39, 0.29) is 0 Å². The van der Waals surface area contributed by atoms with E-state index in [1.54, 1.807) is 14.2 Å². The van der Waals surface area contributed by atoms with Crippen molar-refractivity contribution in [3.05, 3.63) is 28.8 Å².